The number of pyridine rings is 3. The Labute approximate surface area is 224 Å². The normalized spacial score (nSPS) is 21.2. The molecule has 1 aliphatic rings. The maximum Gasteiger partial charge on any atom is 0.417 e. The predicted molar refractivity (Wildman–Crippen MR) is 134 cm³/mol. The molecule has 4 aromatic rings. The molecule has 0 radical (unpaired) electrons. The maximum absolute atomic E-state index is 14.7. The molecule has 3 aromatic heterocycles. The molecule has 3 atom stereocenters. The van der Waals surface area contributed by atoms with Gasteiger partial charge in [0, 0.05) is 35.4 Å². The van der Waals surface area contributed by atoms with Crippen LogP contribution in [0.3, 0.4) is 0 Å². The van der Waals surface area contributed by atoms with E-state index >= 15 is 0 Å². The van der Waals surface area contributed by atoms with Crippen LogP contribution in [0.1, 0.15) is 42.1 Å². The lowest BCUT2D eigenvalue weighted by Crippen LogP contribution is -2.51. The molecular weight excluding hydrogens is 535 g/mol. The number of hydrogen-bond acceptors (Lipinski definition) is 6. The third-order valence-corrected chi connectivity index (χ3v) is 7.23. The number of aromatic nitrogens is 3. The van der Waals surface area contributed by atoms with Crippen LogP contribution in [0.2, 0.25) is 0 Å². The number of fused-ring (bicyclic) bond motifs is 1. The highest BCUT2D eigenvalue weighted by molar-refractivity contribution is 5.91. The van der Waals surface area contributed by atoms with Gasteiger partial charge in [0.15, 0.2) is 22.6 Å². The van der Waals surface area contributed by atoms with Gasteiger partial charge in [-0.3, -0.25) is 9.78 Å². The number of nitrogens with zero attached hydrogens (tertiary/aromatic N) is 3. The molecule has 12 heteroatoms. The third-order valence-electron chi connectivity index (χ3n) is 7.23. The summed E-state index contributed by atoms with van der Waals surface area (Å²) in [5.41, 5.74) is -1.91. The highest BCUT2D eigenvalue weighted by atomic mass is 19.4. The SMILES string of the molecule is COc1c([C@@H]2C[C@](C)(C(F)(F)F)OC[C@H]2c2cc(=O)c3c(-c4cccc(C#N)n4)nccc3[nH]2)ccc(F)c1F. The van der Waals surface area contributed by atoms with Crippen LogP contribution in [0.4, 0.5) is 22.0 Å². The second kappa shape index (κ2) is 9.98. The van der Waals surface area contributed by atoms with Crippen LogP contribution in [0.25, 0.3) is 22.3 Å². The molecule has 40 heavy (non-hydrogen) atoms. The minimum absolute atomic E-state index is 0.0130. The molecule has 1 saturated heterocycles. The topological polar surface area (TPSA) is 101 Å². The predicted octanol–water partition coefficient (Wildman–Crippen LogP) is 5.75. The Kier molecular flexibility index (Phi) is 6.79. The van der Waals surface area contributed by atoms with Crippen molar-refractivity contribution in [2.24, 2.45) is 0 Å². The molecule has 0 spiro atoms. The quantitative estimate of drug-likeness (QED) is 0.321. The average Bonchev–Trinajstić information content (AvgIpc) is 2.93. The molecule has 1 fully saturated rings. The Morgan fingerprint density at radius 3 is 2.65 bits per heavy atom. The van der Waals surface area contributed by atoms with Crippen LogP contribution in [0.15, 0.2) is 53.5 Å². The molecule has 0 amide bonds. The van der Waals surface area contributed by atoms with E-state index < -0.39 is 59.5 Å². The molecule has 7 nitrogen and oxygen atoms in total. The van der Waals surface area contributed by atoms with Crippen molar-refractivity contribution in [2.45, 2.75) is 37.0 Å². The standard InChI is InChI=1S/C28H21F5N4O3/c1-27(28(31,32)33)11-16(15-6-7-18(29)24(30)26(15)39-2)17(13-40-27)21-10-22(38)23-19(37-21)8-9-35-25(23)20-5-3-4-14(12-34)36-20/h3-10,16-17H,11,13H2,1-2H3,(H,37,38)/t16-,17+,27+/m0/s1. The average molecular weight is 556 g/mol. The van der Waals surface area contributed by atoms with Crippen molar-refractivity contribution < 1.29 is 31.4 Å². The zero-order chi connectivity index (χ0) is 28.8. The van der Waals surface area contributed by atoms with Gasteiger partial charge in [0.2, 0.25) is 5.82 Å². The first-order valence-corrected chi connectivity index (χ1v) is 12.1. The number of nitrogens with one attached hydrogen (secondary N) is 1. The summed E-state index contributed by atoms with van der Waals surface area (Å²) < 4.78 is 81.1. The number of ether oxygens (including phenoxy) is 2. The summed E-state index contributed by atoms with van der Waals surface area (Å²) in [6.07, 6.45) is -3.98. The number of rotatable bonds is 4. The Hall–Kier alpha value is -4.37. The monoisotopic (exact) mass is 556 g/mol. The Balaban J connectivity index is 1.67. The fraction of sp³-hybridized carbons (Fsp3) is 0.286. The highest BCUT2D eigenvalue weighted by Gasteiger charge is 2.57. The summed E-state index contributed by atoms with van der Waals surface area (Å²) in [5.74, 6) is -5.01. The molecule has 5 rings (SSSR count). The van der Waals surface area contributed by atoms with Crippen molar-refractivity contribution in [3.8, 4) is 23.2 Å². The first-order chi connectivity index (χ1) is 19.0. The van der Waals surface area contributed by atoms with Crippen LogP contribution >= 0.6 is 0 Å². The Morgan fingerprint density at radius 2 is 1.95 bits per heavy atom. The number of halogens is 5. The second-order valence-electron chi connectivity index (χ2n) is 9.63. The van der Waals surface area contributed by atoms with Crippen molar-refractivity contribution in [3.05, 3.63) is 87.5 Å². The van der Waals surface area contributed by atoms with E-state index in [1.165, 1.54) is 30.5 Å². The van der Waals surface area contributed by atoms with Crippen LogP contribution in [0, 0.1) is 23.0 Å². The van der Waals surface area contributed by atoms with E-state index in [0.717, 1.165) is 20.1 Å². The smallest absolute Gasteiger partial charge is 0.417 e. The van der Waals surface area contributed by atoms with Gasteiger partial charge in [-0.15, -0.1) is 0 Å². The first kappa shape index (κ1) is 27.2. The summed E-state index contributed by atoms with van der Waals surface area (Å²) in [7, 11) is 1.10. The molecule has 1 N–H and O–H groups in total. The van der Waals surface area contributed by atoms with E-state index in [2.05, 4.69) is 15.0 Å². The van der Waals surface area contributed by atoms with E-state index in [-0.39, 0.29) is 33.7 Å². The molecule has 1 aromatic carbocycles. The van der Waals surface area contributed by atoms with E-state index in [1.54, 1.807) is 12.1 Å². The number of methoxy groups -OCH3 is 1. The summed E-state index contributed by atoms with van der Waals surface area (Å²) >= 11 is 0. The van der Waals surface area contributed by atoms with E-state index in [4.69, 9.17) is 9.47 Å². The van der Waals surface area contributed by atoms with Gasteiger partial charge >= 0.3 is 6.18 Å². The lowest BCUT2D eigenvalue weighted by Gasteiger charge is -2.44. The minimum atomic E-state index is -4.76. The van der Waals surface area contributed by atoms with Crippen LogP contribution in [0.5, 0.6) is 5.75 Å². The fourth-order valence-corrected chi connectivity index (χ4v) is 5.13. The summed E-state index contributed by atoms with van der Waals surface area (Å²) in [6, 6.07) is 11.4. The summed E-state index contributed by atoms with van der Waals surface area (Å²) in [5, 5.41) is 9.36. The molecular formula is C28H21F5N4O3. The third kappa shape index (κ3) is 4.56. The fourth-order valence-electron chi connectivity index (χ4n) is 5.13. The van der Waals surface area contributed by atoms with E-state index in [9.17, 15) is 32.0 Å². The van der Waals surface area contributed by atoms with Gasteiger partial charge in [-0.2, -0.15) is 22.8 Å². The summed E-state index contributed by atoms with van der Waals surface area (Å²) in [6.45, 7) is 0.417. The van der Waals surface area contributed by atoms with Crippen molar-refractivity contribution in [2.75, 3.05) is 13.7 Å². The first-order valence-electron chi connectivity index (χ1n) is 12.1. The van der Waals surface area contributed by atoms with Crippen molar-refractivity contribution >= 4 is 10.9 Å². The van der Waals surface area contributed by atoms with E-state index in [1.807, 2.05) is 6.07 Å². The molecule has 0 aliphatic carbocycles. The van der Waals surface area contributed by atoms with Crippen molar-refractivity contribution in [3.63, 3.8) is 0 Å². The lowest BCUT2D eigenvalue weighted by molar-refractivity contribution is -0.286. The van der Waals surface area contributed by atoms with Gasteiger partial charge in [0.25, 0.3) is 0 Å². The highest BCUT2D eigenvalue weighted by Crippen LogP contribution is 2.51. The maximum atomic E-state index is 14.7. The van der Waals surface area contributed by atoms with Gasteiger partial charge in [-0.05, 0) is 37.6 Å². The number of hydrogen-bond donors (Lipinski definition) is 1. The van der Waals surface area contributed by atoms with Crippen LogP contribution < -0.4 is 10.2 Å². The molecule has 4 heterocycles. The second-order valence-corrected chi connectivity index (χ2v) is 9.63. The van der Waals surface area contributed by atoms with Gasteiger partial charge in [0.1, 0.15) is 17.5 Å². The van der Waals surface area contributed by atoms with Gasteiger partial charge in [-0.25, -0.2) is 9.37 Å². The van der Waals surface area contributed by atoms with Gasteiger partial charge in [-0.1, -0.05) is 12.1 Å². The zero-order valence-corrected chi connectivity index (χ0v) is 21.1. The summed E-state index contributed by atoms with van der Waals surface area (Å²) in [4.78, 5) is 25.0. The van der Waals surface area contributed by atoms with Gasteiger partial charge in [0.05, 0.1) is 30.3 Å². The Morgan fingerprint density at radius 1 is 1.18 bits per heavy atom. The van der Waals surface area contributed by atoms with E-state index in [0.29, 0.717) is 5.52 Å². The molecule has 0 saturated carbocycles. The number of aromatic amines is 1. The molecule has 206 valence electrons. The zero-order valence-electron chi connectivity index (χ0n) is 21.1. The minimum Gasteiger partial charge on any atom is -0.493 e. The number of alkyl halides is 3. The number of nitriles is 1. The van der Waals surface area contributed by atoms with Crippen LogP contribution in [-0.2, 0) is 4.74 Å². The molecule has 0 unspecified atom stereocenters. The Bertz CT molecular complexity index is 1720. The van der Waals surface area contributed by atoms with Crippen LogP contribution in [-0.4, -0.2) is 40.4 Å². The molecule has 1 aliphatic heterocycles. The largest absolute Gasteiger partial charge is 0.493 e. The van der Waals surface area contributed by atoms with Crippen molar-refractivity contribution in [1.82, 2.24) is 15.0 Å². The molecule has 0 bridgehead atoms. The number of benzene rings is 1. The van der Waals surface area contributed by atoms with Crippen molar-refractivity contribution in [1.29, 1.82) is 5.26 Å². The van der Waals surface area contributed by atoms with Gasteiger partial charge < -0.3 is 14.5 Å². The number of H-pyrrole nitrogens is 1. The lowest BCUT2D eigenvalue weighted by atomic mass is 9.74.